The van der Waals surface area contributed by atoms with Gasteiger partial charge in [0, 0.05) is 0 Å². The zero-order chi connectivity index (χ0) is 10.6. The van der Waals surface area contributed by atoms with Crippen molar-refractivity contribution in [1.82, 2.24) is 0 Å². The van der Waals surface area contributed by atoms with Gasteiger partial charge in [-0.25, -0.2) is 0 Å². The van der Waals surface area contributed by atoms with E-state index < -0.39 is 0 Å². The van der Waals surface area contributed by atoms with Crippen molar-refractivity contribution in [3.05, 3.63) is 35.4 Å². The van der Waals surface area contributed by atoms with Crippen molar-refractivity contribution < 1.29 is 0 Å². The summed E-state index contributed by atoms with van der Waals surface area (Å²) in [6.45, 7) is 9.06. The maximum atomic E-state index is 2.28. The maximum absolute atomic E-state index is 2.28. The smallest absolute Gasteiger partial charge is 0.0256 e. The number of rotatable bonds is 4. The molecule has 0 heterocycles. The molecule has 0 radical (unpaired) electrons. The van der Waals surface area contributed by atoms with E-state index in [1.54, 1.807) is 0 Å². The predicted molar refractivity (Wildman–Crippen MR) is 70.3 cm³/mol. The molecule has 1 aromatic carbocycles. The lowest BCUT2D eigenvalue weighted by atomic mass is 9.98. The Labute approximate surface area is 95.7 Å². The Morgan fingerprint density at radius 2 is 1.00 bits per heavy atom. The highest BCUT2D eigenvalue weighted by Gasteiger charge is 1.99. The lowest BCUT2D eigenvalue weighted by molar-refractivity contribution is 0.640. The van der Waals surface area contributed by atoms with Crippen LogP contribution in [0.1, 0.15) is 46.2 Å². The lowest BCUT2D eigenvalue weighted by Crippen LogP contribution is -1.96. The Balaban J connectivity index is 0.00000196. The summed E-state index contributed by atoms with van der Waals surface area (Å²) in [5.74, 6) is 1.51. The van der Waals surface area contributed by atoms with E-state index in [0.717, 1.165) is 11.8 Å². The highest BCUT2D eigenvalue weighted by molar-refractivity contribution is 5.23. The first kappa shape index (κ1) is 14.2. The minimum Gasteiger partial charge on any atom is -0.0776 e. The average Bonchev–Trinajstić information content (AvgIpc) is 2.06. The molecule has 0 spiro atoms. The summed E-state index contributed by atoms with van der Waals surface area (Å²) < 4.78 is 0. The predicted octanol–water partition coefficient (Wildman–Crippen LogP) is 4.72. The molecule has 0 aliphatic heterocycles. The van der Waals surface area contributed by atoms with Crippen LogP contribution in [0.4, 0.5) is 0 Å². The maximum Gasteiger partial charge on any atom is -0.0256 e. The molecule has 0 nitrogen and oxygen atoms in total. The van der Waals surface area contributed by atoms with E-state index in [1.807, 2.05) is 0 Å². The monoisotopic (exact) mass is 206 g/mol. The Hall–Kier alpha value is -0.780. The molecular weight excluding hydrogens is 180 g/mol. The summed E-state index contributed by atoms with van der Waals surface area (Å²) in [7, 11) is 0. The van der Waals surface area contributed by atoms with Crippen LogP contribution in [0.15, 0.2) is 24.3 Å². The minimum atomic E-state index is 0. The fourth-order valence-electron chi connectivity index (χ4n) is 1.75. The summed E-state index contributed by atoms with van der Waals surface area (Å²) in [6, 6.07) is 9.10. The molecule has 0 bridgehead atoms. The van der Waals surface area contributed by atoms with E-state index in [0.29, 0.717) is 0 Å². The first-order valence-corrected chi connectivity index (χ1v) is 5.65. The third-order valence-corrected chi connectivity index (χ3v) is 2.31. The Morgan fingerprint density at radius 1 is 0.733 bits per heavy atom. The molecule has 1 aromatic rings. The summed E-state index contributed by atoms with van der Waals surface area (Å²) in [6.07, 6.45) is 2.39. The van der Waals surface area contributed by atoms with Crippen LogP contribution in [0, 0.1) is 11.8 Å². The molecule has 0 aliphatic carbocycles. The number of hydrogen-bond donors (Lipinski definition) is 0. The second-order valence-corrected chi connectivity index (χ2v) is 5.01. The van der Waals surface area contributed by atoms with Gasteiger partial charge in [0.15, 0.2) is 0 Å². The topological polar surface area (TPSA) is 0 Å². The Bertz CT molecular complexity index is 225. The van der Waals surface area contributed by atoms with Gasteiger partial charge in [-0.2, -0.15) is 0 Å². The fraction of sp³-hybridized carbons (Fsp3) is 0.600. The number of benzene rings is 1. The summed E-state index contributed by atoms with van der Waals surface area (Å²) >= 11 is 0. The van der Waals surface area contributed by atoms with Crippen LogP contribution in [-0.4, -0.2) is 0 Å². The Kier molecular flexibility index (Phi) is 6.31. The van der Waals surface area contributed by atoms with Gasteiger partial charge in [-0.3, -0.25) is 0 Å². The molecule has 0 unspecified atom stereocenters. The first-order valence-electron chi connectivity index (χ1n) is 5.65. The van der Waals surface area contributed by atoms with Crippen LogP contribution in [0.3, 0.4) is 0 Å². The lowest BCUT2D eigenvalue weighted by Gasteiger charge is -2.08. The SMILES string of the molecule is C.CC(C)Cc1ccc(CC(C)C)cc1. The van der Waals surface area contributed by atoms with Gasteiger partial charge in [-0.1, -0.05) is 59.4 Å². The molecule has 0 atom stereocenters. The van der Waals surface area contributed by atoms with E-state index in [9.17, 15) is 0 Å². The largest absolute Gasteiger partial charge is 0.0776 e. The van der Waals surface area contributed by atoms with Gasteiger partial charge in [0.05, 0.1) is 0 Å². The van der Waals surface area contributed by atoms with Gasteiger partial charge in [0.2, 0.25) is 0 Å². The van der Waals surface area contributed by atoms with Gasteiger partial charge in [-0.15, -0.1) is 0 Å². The van der Waals surface area contributed by atoms with Gasteiger partial charge >= 0.3 is 0 Å². The average molecular weight is 206 g/mol. The van der Waals surface area contributed by atoms with E-state index in [1.165, 1.54) is 24.0 Å². The molecule has 0 saturated heterocycles. The van der Waals surface area contributed by atoms with Gasteiger partial charge in [-0.05, 0) is 35.8 Å². The van der Waals surface area contributed by atoms with Crippen molar-refractivity contribution in [3.8, 4) is 0 Å². The summed E-state index contributed by atoms with van der Waals surface area (Å²) in [5, 5.41) is 0. The summed E-state index contributed by atoms with van der Waals surface area (Å²) in [5.41, 5.74) is 2.93. The Morgan fingerprint density at radius 3 is 1.20 bits per heavy atom. The second-order valence-electron chi connectivity index (χ2n) is 5.01. The second kappa shape index (κ2) is 6.66. The molecule has 86 valence electrons. The van der Waals surface area contributed by atoms with Crippen molar-refractivity contribution in [2.24, 2.45) is 11.8 Å². The molecule has 0 aliphatic rings. The van der Waals surface area contributed by atoms with E-state index in [2.05, 4.69) is 52.0 Å². The van der Waals surface area contributed by atoms with Gasteiger partial charge in [0.25, 0.3) is 0 Å². The molecule has 0 heteroatoms. The van der Waals surface area contributed by atoms with Gasteiger partial charge < -0.3 is 0 Å². The van der Waals surface area contributed by atoms with Crippen LogP contribution in [0.5, 0.6) is 0 Å². The van der Waals surface area contributed by atoms with Gasteiger partial charge in [0.1, 0.15) is 0 Å². The van der Waals surface area contributed by atoms with Crippen molar-refractivity contribution in [2.45, 2.75) is 48.0 Å². The van der Waals surface area contributed by atoms with Crippen LogP contribution < -0.4 is 0 Å². The summed E-state index contributed by atoms with van der Waals surface area (Å²) in [4.78, 5) is 0. The molecule has 15 heavy (non-hydrogen) atoms. The standard InChI is InChI=1S/C14H22.CH4/c1-11(2)9-13-5-7-14(8-6-13)10-12(3)4;/h5-8,11-12H,9-10H2,1-4H3;1H4. The van der Waals surface area contributed by atoms with Crippen molar-refractivity contribution in [3.63, 3.8) is 0 Å². The van der Waals surface area contributed by atoms with Crippen LogP contribution in [-0.2, 0) is 12.8 Å². The molecular formula is C15H26. The van der Waals surface area contributed by atoms with Crippen molar-refractivity contribution >= 4 is 0 Å². The highest BCUT2D eigenvalue weighted by atomic mass is 14.1. The minimum absolute atomic E-state index is 0. The normalized spacial score (nSPS) is 10.5. The van der Waals surface area contributed by atoms with Crippen molar-refractivity contribution in [1.29, 1.82) is 0 Å². The first-order chi connectivity index (χ1) is 6.58. The highest BCUT2D eigenvalue weighted by Crippen LogP contribution is 2.12. The molecule has 0 saturated carbocycles. The third-order valence-electron chi connectivity index (χ3n) is 2.31. The zero-order valence-corrected chi connectivity index (χ0v) is 9.88. The zero-order valence-electron chi connectivity index (χ0n) is 9.88. The molecule has 0 N–H and O–H groups in total. The quantitative estimate of drug-likeness (QED) is 0.668. The van der Waals surface area contributed by atoms with Crippen molar-refractivity contribution in [2.75, 3.05) is 0 Å². The van der Waals surface area contributed by atoms with E-state index in [-0.39, 0.29) is 7.43 Å². The molecule has 0 aromatic heterocycles. The molecule has 0 fully saturated rings. The number of hydrogen-bond acceptors (Lipinski definition) is 0. The van der Waals surface area contributed by atoms with E-state index >= 15 is 0 Å². The molecule has 0 amide bonds. The molecule has 1 rings (SSSR count). The van der Waals surface area contributed by atoms with Crippen LogP contribution in [0.2, 0.25) is 0 Å². The fourth-order valence-corrected chi connectivity index (χ4v) is 1.75. The van der Waals surface area contributed by atoms with Crippen LogP contribution in [0.25, 0.3) is 0 Å². The van der Waals surface area contributed by atoms with Crippen LogP contribution >= 0.6 is 0 Å². The van der Waals surface area contributed by atoms with E-state index in [4.69, 9.17) is 0 Å². The third kappa shape index (κ3) is 5.61.